The van der Waals surface area contributed by atoms with Crippen molar-refractivity contribution in [3.63, 3.8) is 0 Å². The molecule has 0 radical (unpaired) electrons. The second-order valence-electron chi connectivity index (χ2n) is 5.13. The minimum absolute atomic E-state index is 0.0663. The largest absolute Gasteiger partial charge is 0.504 e. The molecule has 0 bridgehead atoms. The van der Waals surface area contributed by atoms with Gasteiger partial charge in [-0.05, 0) is 30.7 Å². The van der Waals surface area contributed by atoms with E-state index in [2.05, 4.69) is 4.99 Å². The van der Waals surface area contributed by atoms with Gasteiger partial charge in [0.15, 0.2) is 11.5 Å². The first kappa shape index (κ1) is 15.4. The van der Waals surface area contributed by atoms with Crippen molar-refractivity contribution >= 4 is 28.8 Å². The third kappa shape index (κ3) is 3.29. The molecule has 1 heterocycles. The molecule has 0 spiro atoms. The average Bonchev–Trinajstić information content (AvgIpc) is 2.91. The Bertz CT molecular complexity index is 823. The van der Waals surface area contributed by atoms with E-state index < -0.39 is 0 Å². The highest BCUT2D eigenvalue weighted by molar-refractivity contribution is 8.19. The Labute approximate surface area is 138 Å². The summed E-state index contributed by atoms with van der Waals surface area (Å²) >= 11 is 1.35. The van der Waals surface area contributed by atoms with E-state index in [4.69, 9.17) is 4.74 Å². The summed E-state index contributed by atoms with van der Waals surface area (Å²) in [6.07, 6.45) is 1.75. The summed E-state index contributed by atoms with van der Waals surface area (Å²) in [4.78, 5) is 16.8. The lowest BCUT2D eigenvalue weighted by atomic mass is 10.2. The molecule has 2 aromatic carbocycles. The summed E-state index contributed by atoms with van der Waals surface area (Å²) in [7, 11) is 1.49. The molecular weight excluding hydrogens is 310 g/mol. The maximum Gasteiger partial charge on any atom is 0.284 e. The van der Waals surface area contributed by atoms with Gasteiger partial charge < -0.3 is 9.84 Å². The average molecular weight is 325 g/mol. The molecule has 0 saturated heterocycles. The summed E-state index contributed by atoms with van der Waals surface area (Å²) in [6.45, 7) is 2.02. The van der Waals surface area contributed by atoms with Gasteiger partial charge in [-0.15, -0.1) is 0 Å². The van der Waals surface area contributed by atoms with Gasteiger partial charge in [0, 0.05) is 5.56 Å². The third-order valence-corrected chi connectivity index (χ3v) is 4.45. The first-order valence-corrected chi connectivity index (χ1v) is 7.85. The van der Waals surface area contributed by atoms with Crippen LogP contribution in [0.5, 0.6) is 11.5 Å². The van der Waals surface area contributed by atoms with Crippen molar-refractivity contribution < 1.29 is 14.6 Å². The Hall–Kier alpha value is -2.53. The van der Waals surface area contributed by atoms with Crippen molar-refractivity contribution in [2.75, 3.05) is 7.11 Å². The minimum atomic E-state index is -0.252. The number of carbonyl (C=O) groups excluding carboxylic acids is 1. The van der Waals surface area contributed by atoms with Crippen LogP contribution in [0, 0.1) is 6.92 Å². The number of phenolic OH excluding ortho intramolecular Hbond substituents is 1. The monoisotopic (exact) mass is 325 g/mol. The van der Waals surface area contributed by atoms with Gasteiger partial charge in [0.2, 0.25) is 0 Å². The van der Waals surface area contributed by atoms with E-state index in [1.54, 1.807) is 18.2 Å². The lowest BCUT2D eigenvalue weighted by Crippen LogP contribution is -1.90. The van der Waals surface area contributed by atoms with E-state index in [0.717, 1.165) is 16.7 Å². The molecule has 4 nitrogen and oxygen atoms in total. The zero-order chi connectivity index (χ0) is 16.4. The minimum Gasteiger partial charge on any atom is -0.504 e. The van der Waals surface area contributed by atoms with Crippen LogP contribution in [0.2, 0.25) is 0 Å². The smallest absolute Gasteiger partial charge is 0.284 e. The predicted molar refractivity (Wildman–Crippen MR) is 92.9 cm³/mol. The normalized spacial score (nSPS) is 15.8. The lowest BCUT2D eigenvalue weighted by Gasteiger charge is -2.04. The molecule has 1 aliphatic heterocycles. The van der Waals surface area contributed by atoms with Crippen LogP contribution in [-0.4, -0.2) is 23.2 Å². The standard InChI is InChI=1S/C18H15NO3S/c1-11-3-6-13(7-4-11)18-19-17(21)16(23-18)10-12-5-8-14(20)15(9-12)22-2/h3-10,20H,1-2H3. The van der Waals surface area contributed by atoms with Gasteiger partial charge in [-0.2, -0.15) is 0 Å². The SMILES string of the molecule is COc1cc(C=C2SC(c3ccc(C)cc3)=NC2=O)ccc1O. The van der Waals surface area contributed by atoms with E-state index in [1.807, 2.05) is 31.2 Å². The number of ether oxygens (including phenoxy) is 1. The summed E-state index contributed by atoms with van der Waals surface area (Å²) in [5, 5.41) is 10.3. The van der Waals surface area contributed by atoms with Crippen LogP contribution in [0.1, 0.15) is 16.7 Å². The number of aromatic hydroxyl groups is 1. The van der Waals surface area contributed by atoms with E-state index in [0.29, 0.717) is 15.7 Å². The Morgan fingerprint density at radius 2 is 1.91 bits per heavy atom. The number of methoxy groups -OCH3 is 1. The van der Waals surface area contributed by atoms with Gasteiger partial charge in [0.25, 0.3) is 5.91 Å². The van der Waals surface area contributed by atoms with E-state index in [1.165, 1.54) is 24.9 Å². The topological polar surface area (TPSA) is 58.9 Å². The number of thioether (sulfide) groups is 1. The highest BCUT2D eigenvalue weighted by atomic mass is 32.2. The van der Waals surface area contributed by atoms with Crippen LogP contribution < -0.4 is 4.74 Å². The quantitative estimate of drug-likeness (QED) is 0.873. The molecule has 2 aromatic rings. The zero-order valence-electron chi connectivity index (χ0n) is 12.7. The summed E-state index contributed by atoms with van der Waals surface area (Å²) < 4.78 is 5.08. The van der Waals surface area contributed by atoms with Crippen LogP contribution in [-0.2, 0) is 4.79 Å². The molecule has 1 aliphatic rings. The Morgan fingerprint density at radius 3 is 2.61 bits per heavy atom. The van der Waals surface area contributed by atoms with E-state index >= 15 is 0 Å². The molecule has 23 heavy (non-hydrogen) atoms. The Morgan fingerprint density at radius 1 is 1.17 bits per heavy atom. The van der Waals surface area contributed by atoms with Crippen molar-refractivity contribution in [1.29, 1.82) is 0 Å². The number of amides is 1. The number of phenols is 1. The molecule has 0 aliphatic carbocycles. The molecule has 0 atom stereocenters. The van der Waals surface area contributed by atoms with Crippen molar-refractivity contribution in [1.82, 2.24) is 0 Å². The number of aliphatic imine (C=N–C) groups is 1. The van der Waals surface area contributed by atoms with Gasteiger partial charge in [-0.1, -0.05) is 47.7 Å². The van der Waals surface area contributed by atoms with E-state index in [-0.39, 0.29) is 11.7 Å². The molecule has 1 amide bonds. The first-order chi connectivity index (χ1) is 11.1. The maximum atomic E-state index is 12.1. The number of carbonyl (C=O) groups is 1. The molecule has 0 saturated carbocycles. The number of benzene rings is 2. The lowest BCUT2D eigenvalue weighted by molar-refractivity contribution is -0.113. The fraction of sp³-hybridized carbons (Fsp3) is 0.111. The second kappa shape index (κ2) is 6.30. The number of hydrogen-bond donors (Lipinski definition) is 1. The number of rotatable bonds is 3. The van der Waals surface area contributed by atoms with Crippen LogP contribution >= 0.6 is 11.8 Å². The molecule has 5 heteroatoms. The summed E-state index contributed by atoms with van der Waals surface area (Å²) in [5.74, 6) is 0.184. The van der Waals surface area contributed by atoms with Gasteiger partial charge in [0.05, 0.1) is 12.0 Å². The van der Waals surface area contributed by atoms with Crippen molar-refractivity contribution in [3.8, 4) is 11.5 Å². The van der Waals surface area contributed by atoms with Crippen LogP contribution in [0.4, 0.5) is 0 Å². The summed E-state index contributed by atoms with van der Waals surface area (Å²) in [6, 6.07) is 12.9. The highest BCUT2D eigenvalue weighted by Gasteiger charge is 2.22. The number of hydrogen-bond acceptors (Lipinski definition) is 4. The molecule has 0 fully saturated rings. The fourth-order valence-corrected chi connectivity index (χ4v) is 3.08. The molecule has 116 valence electrons. The predicted octanol–water partition coefficient (Wildman–Crippen LogP) is 3.77. The molecule has 0 unspecified atom stereocenters. The Balaban J connectivity index is 1.86. The highest BCUT2D eigenvalue weighted by Crippen LogP contribution is 2.33. The van der Waals surface area contributed by atoms with Gasteiger partial charge >= 0.3 is 0 Å². The fourth-order valence-electron chi connectivity index (χ4n) is 2.16. The third-order valence-electron chi connectivity index (χ3n) is 3.42. The van der Waals surface area contributed by atoms with Crippen LogP contribution in [0.15, 0.2) is 52.4 Å². The van der Waals surface area contributed by atoms with Gasteiger partial charge in [-0.3, -0.25) is 4.79 Å². The number of aryl methyl sites for hydroxylation is 1. The molecular formula is C18H15NO3S. The zero-order valence-corrected chi connectivity index (χ0v) is 13.6. The van der Waals surface area contributed by atoms with Crippen molar-refractivity contribution in [2.45, 2.75) is 6.92 Å². The number of nitrogens with zero attached hydrogens (tertiary/aromatic N) is 1. The second-order valence-corrected chi connectivity index (χ2v) is 6.16. The van der Waals surface area contributed by atoms with Gasteiger partial charge in [-0.25, -0.2) is 4.99 Å². The Kier molecular flexibility index (Phi) is 4.21. The molecule has 3 rings (SSSR count). The first-order valence-electron chi connectivity index (χ1n) is 7.03. The van der Waals surface area contributed by atoms with Crippen molar-refractivity contribution in [3.05, 3.63) is 64.1 Å². The summed E-state index contributed by atoms with van der Waals surface area (Å²) in [5.41, 5.74) is 2.87. The molecule has 1 N–H and O–H groups in total. The van der Waals surface area contributed by atoms with Crippen LogP contribution in [0.3, 0.4) is 0 Å². The van der Waals surface area contributed by atoms with Crippen LogP contribution in [0.25, 0.3) is 6.08 Å². The van der Waals surface area contributed by atoms with Crippen molar-refractivity contribution in [2.24, 2.45) is 4.99 Å². The molecule has 0 aromatic heterocycles. The van der Waals surface area contributed by atoms with Gasteiger partial charge in [0.1, 0.15) is 5.04 Å². The maximum absolute atomic E-state index is 12.1. The van der Waals surface area contributed by atoms with E-state index in [9.17, 15) is 9.90 Å².